The molecule has 0 aliphatic rings. The van der Waals surface area contributed by atoms with E-state index in [1.807, 2.05) is 0 Å². The fourth-order valence-corrected chi connectivity index (χ4v) is 3.01. The van der Waals surface area contributed by atoms with E-state index in [2.05, 4.69) is 20.3 Å². The maximum absolute atomic E-state index is 12.2. The van der Waals surface area contributed by atoms with Crippen molar-refractivity contribution in [2.75, 3.05) is 32.4 Å². The van der Waals surface area contributed by atoms with Crippen LogP contribution in [0.1, 0.15) is 10.4 Å². The van der Waals surface area contributed by atoms with Gasteiger partial charge < -0.3 is 23.9 Å². The molecule has 3 rings (SSSR count). The van der Waals surface area contributed by atoms with Gasteiger partial charge in [-0.15, -0.1) is 10.2 Å². The average Bonchev–Trinajstić information content (AvgIpc) is 3.26. The number of carbonyl (C=O) groups excluding carboxylic acids is 2. The van der Waals surface area contributed by atoms with Crippen molar-refractivity contribution in [1.29, 1.82) is 0 Å². The third-order valence-corrected chi connectivity index (χ3v) is 4.74. The number of esters is 1. The van der Waals surface area contributed by atoms with Gasteiger partial charge >= 0.3 is 5.97 Å². The molecule has 3 aromatic rings. The summed E-state index contributed by atoms with van der Waals surface area (Å²) in [6.07, 6.45) is 0. The molecule has 0 aliphatic carbocycles. The second kappa shape index (κ2) is 9.79. The van der Waals surface area contributed by atoms with Gasteiger partial charge in [-0.25, -0.2) is 4.79 Å². The summed E-state index contributed by atoms with van der Waals surface area (Å²) in [5.74, 6) is 0.844. The summed E-state index contributed by atoms with van der Waals surface area (Å²) < 4.78 is 20.7. The lowest BCUT2D eigenvalue weighted by Crippen LogP contribution is -2.14. The lowest BCUT2D eigenvalue weighted by atomic mass is 10.2. The van der Waals surface area contributed by atoms with Gasteiger partial charge in [0, 0.05) is 17.3 Å². The minimum atomic E-state index is -0.440. The van der Waals surface area contributed by atoms with Crippen LogP contribution in [0.3, 0.4) is 0 Å². The van der Waals surface area contributed by atoms with Crippen LogP contribution in [0.5, 0.6) is 11.5 Å². The maximum atomic E-state index is 12.2. The van der Waals surface area contributed by atoms with E-state index in [-0.39, 0.29) is 22.8 Å². The van der Waals surface area contributed by atoms with Crippen LogP contribution in [0.15, 0.2) is 52.1 Å². The van der Waals surface area contributed by atoms with E-state index >= 15 is 0 Å². The van der Waals surface area contributed by atoms with Crippen molar-refractivity contribution in [1.82, 2.24) is 10.2 Å². The number of carbonyl (C=O) groups is 2. The Morgan fingerprint density at radius 1 is 1.00 bits per heavy atom. The third-order valence-electron chi connectivity index (χ3n) is 3.92. The maximum Gasteiger partial charge on any atom is 0.337 e. The molecule has 156 valence electrons. The summed E-state index contributed by atoms with van der Waals surface area (Å²) in [4.78, 5) is 23.6. The van der Waals surface area contributed by atoms with E-state index in [1.54, 1.807) is 56.7 Å². The molecule has 1 aromatic heterocycles. The van der Waals surface area contributed by atoms with E-state index < -0.39 is 5.97 Å². The number of rotatable bonds is 8. The molecular formula is C20H19N3O6S. The quantitative estimate of drug-likeness (QED) is 0.426. The second-order valence-electron chi connectivity index (χ2n) is 5.88. The molecule has 2 aromatic carbocycles. The number of hydrogen-bond acceptors (Lipinski definition) is 9. The Morgan fingerprint density at radius 2 is 1.67 bits per heavy atom. The van der Waals surface area contributed by atoms with Crippen LogP contribution < -0.4 is 14.8 Å². The molecule has 0 atom stereocenters. The number of hydrogen-bond donors (Lipinski definition) is 1. The SMILES string of the molecule is COC(=O)c1ccc(NC(=O)CSc2nnc(-c3cc(OC)cc(OC)c3)o2)cc1. The molecule has 1 heterocycles. The van der Waals surface area contributed by atoms with Crippen molar-refractivity contribution >= 4 is 29.3 Å². The highest BCUT2D eigenvalue weighted by molar-refractivity contribution is 7.99. The van der Waals surface area contributed by atoms with Crippen LogP contribution in [0.2, 0.25) is 0 Å². The van der Waals surface area contributed by atoms with Gasteiger partial charge in [-0.3, -0.25) is 4.79 Å². The van der Waals surface area contributed by atoms with Gasteiger partial charge in [-0.05, 0) is 36.4 Å². The first-order valence-corrected chi connectivity index (χ1v) is 9.69. The summed E-state index contributed by atoms with van der Waals surface area (Å²) >= 11 is 1.11. The largest absolute Gasteiger partial charge is 0.497 e. The van der Waals surface area contributed by atoms with Crippen LogP contribution in [0.4, 0.5) is 5.69 Å². The number of anilines is 1. The molecule has 1 N–H and O–H groups in total. The van der Waals surface area contributed by atoms with E-state index in [0.29, 0.717) is 28.3 Å². The topological polar surface area (TPSA) is 113 Å². The van der Waals surface area contributed by atoms with Gasteiger partial charge in [0.1, 0.15) is 11.5 Å². The highest BCUT2D eigenvalue weighted by Crippen LogP contribution is 2.30. The minimum absolute atomic E-state index is 0.0712. The fraction of sp³-hybridized carbons (Fsp3) is 0.200. The van der Waals surface area contributed by atoms with Crippen molar-refractivity contribution < 1.29 is 28.2 Å². The summed E-state index contributed by atoms with van der Waals surface area (Å²) in [6, 6.07) is 11.6. The first kappa shape index (κ1) is 21.2. The van der Waals surface area contributed by atoms with Crippen LogP contribution in [0.25, 0.3) is 11.5 Å². The Morgan fingerprint density at radius 3 is 2.27 bits per heavy atom. The molecule has 10 heteroatoms. The van der Waals surface area contributed by atoms with Gasteiger partial charge in [0.25, 0.3) is 5.22 Å². The number of methoxy groups -OCH3 is 3. The number of aromatic nitrogens is 2. The molecule has 9 nitrogen and oxygen atoms in total. The van der Waals surface area contributed by atoms with Crippen LogP contribution in [-0.4, -0.2) is 49.2 Å². The number of nitrogens with zero attached hydrogens (tertiary/aromatic N) is 2. The molecule has 0 aliphatic heterocycles. The Kier molecular flexibility index (Phi) is 6.91. The number of nitrogens with one attached hydrogen (secondary N) is 1. The zero-order valence-corrected chi connectivity index (χ0v) is 17.3. The molecule has 30 heavy (non-hydrogen) atoms. The average molecular weight is 429 g/mol. The standard InChI is InChI=1S/C20H19N3O6S/c1-26-15-8-13(9-16(10-15)27-2)18-22-23-20(29-18)30-11-17(24)21-14-6-4-12(5-7-14)19(25)28-3/h4-10H,11H2,1-3H3,(H,21,24). The van der Waals surface area contributed by atoms with Crippen LogP contribution >= 0.6 is 11.8 Å². The van der Waals surface area contributed by atoms with Crippen molar-refractivity contribution in [3.63, 3.8) is 0 Å². The molecule has 0 saturated carbocycles. The van der Waals surface area contributed by atoms with Crippen molar-refractivity contribution in [3.05, 3.63) is 48.0 Å². The Hall–Kier alpha value is -3.53. The smallest absolute Gasteiger partial charge is 0.337 e. The van der Waals surface area contributed by atoms with E-state index in [4.69, 9.17) is 13.9 Å². The number of amides is 1. The Bertz CT molecular complexity index is 1010. The van der Waals surface area contributed by atoms with Crippen molar-refractivity contribution in [3.8, 4) is 23.0 Å². The molecule has 1 amide bonds. The number of ether oxygens (including phenoxy) is 3. The predicted molar refractivity (Wildman–Crippen MR) is 110 cm³/mol. The van der Waals surface area contributed by atoms with E-state index in [1.165, 1.54) is 7.11 Å². The van der Waals surface area contributed by atoms with Gasteiger partial charge in [0.15, 0.2) is 0 Å². The third kappa shape index (κ3) is 5.29. The first-order chi connectivity index (χ1) is 14.5. The summed E-state index contributed by atoms with van der Waals surface area (Å²) in [5.41, 5.74) is 1.60. The number of benzene rings is 2. The lowest BCUT2D eigenvalue weighted by Gasteiger charge is -2.06. The van der Waals surface area contributed by atoms with Gasteiger partial charge in [-0.1, -0.05) is 11.8 Å². The molecule has 0 fully saturated rings. The van der Waals surface area contributed by atoms with Gasteiger partial charge in [0.2, 0.25) is 11.8 Å². The highest BCUT2D eigenvalue weighted by atomic mass is 32.2. The highest BCUT2D eigenvalue weighted by Gasteiger charge is 2.14. The Balaban J connectivity index is 1.59. The van der Waals surface area contributed by atoms with Crippen LogP contribution in [-0.2, 0) is 9.53 Å². The van der Waals surface area contributed by atoms with Crippen molar-refractivity contribution in [2.24, 2.45) is 0 Å². The van der Waals surface area contributed by atoms with Gasteiger partial charge in [0.05, 0.1) is 32.6 Å². The summed E-state index contributed by atoms with van der Waals surface area (Å²) in [5, 5.41) is 10.9. The Labute approximate surface area is 176 Å². The second-order valence-corrected chi connectivity index (χ2v) is 6.81. The summed E-state index contributed by atoms with van der Waals surface area (Å²) in [6.45, 7) is 0. The van der Waals surface area contributed by atoms with E-state index in [9.17, 15) is 9.59 Å². The normalized spacial score (nSPS) is 10.4. The fourth-order valence-electron chi connectivity index (χ4n) is 2.45. The molecule has 0 spiro atoms. The molecular weight excluding hydrogens is 410 g/mol. The zero-order valence-electron chi connectivity index (χ0n) is 16.5. The van der Waals surface area contributed by atoms with Crippen molar-refractivity contribution in [2.45, 2.75) is 5.22 Å². The summed E-state index contributed by atoms with van der Waals surface area (Å²) in [7, 11) is 4.41. The monoisotopic (exact) mass is 429 g/mol. The minimum Gasteiger partial charge on any atom is -0.497 e. The van der Waals surface area contributed by atoms with E-state index in [0.717, 1.165) is 11.8 Å². The first-order valence-electron chi connectivity index (χ1n) is 8.70. The molecule has 0 saturated heterocycles. The number of thioether (sulfide) groups is 1. The molecule has 0 unspecified atom stereocenters. The lowest BCUT2D eigenvalue weighted by molar-refractivity contribution is -0.113. The zero-order chi connectivity index (χ0) is 21.5. The van der Waals surface area contributed by atoms with Gasteiger partial charge in [-0.2, -0.15) is 0 Å². The molecule has 0 bridgehead atoms. The van der Waals surface area contributed by atoms with Crippen LogP contribution in [0, 0.1) is 0 Å². The molecule has 0 radical (unpaired) electrons. The predicted octanol–water partition coefficient (Wildman–Crippen LogP) is 3.27.